The summed E-state index contributed by atoms with van der Waals surface area (Å²) in [7, 11) is 3.06. The Hall–Kier alpha value is -5.82. The highest BCUT2D eigenvalue weighted by Gasteiger charge is 2.14. The molecule has 4 aromatic carbocycles. The van der Waals surface area contributed by atoms with Gasteiger partial charge in [0.15, 0.2) is 23.0 Å². The molecule has 0 aromatic heterocycles. The molecule has 0 aliphatic rings. The summed E-state index contributed by atoms with van der Waals surface area (Å²) in [5.74, 6) is 1.34. The highest BCUT2D eigenvalue weighted by atomic mass is 16.6. The van der Waals surface area contributed by atoms with Crippen LogP contribution in [0, 0.1) is 21.4 Å². The lowest BCUT2D eigenvalue weighted by molar-refractivity contribution is -0.384. The maximum Gasteiger partial charge on any atom is 0.271 e. The molecule has 0 saturated carbocycles. The van der Waals surface area contributed by atoms with Gasteiger partial charge in [0.05, 0.1) is 19.1 Å². The Bertz CT molecular complexity index is 1650. The first-order chi connectivity index (χ1) is 20.4. The Morgan fingerprint density at radius 3 is 2.17 bits per heavy atom. The molecule has 0 radical (unpaired) electrons. The minimum Gasteiger partial charge on any atom is -0.493 e. The van der Waals surface area contributed by atoms with Crippen molar-refractivity contribution in [3.8, 4) is 29.1 Å². The lowest BCUT2D eigenvalue weighted by Crippen LogP contribution is -2.13. The van der Waals surface area contributed by atoms with Crippen molar-refractivity contribution in [3.05, 3.63) is 123 Å². The number of carbonyl (C=O) groups is 1. The number of hydrogen-bond acceptors (Lipinski definition) is 8. The average molecular weight is 566 g/mol. The number of nitro groups is 1. The van der Waals surface area contributed by atoms with E-state index in [1.165, 1.54) is 37.5 Å². The Kier molecular flexibility index (Phi) is 9.72. The van der Waals surface area contributed by atoms with E-state index in [1.807, 2.05) is 54.6 Å². The van der Waals surface area contributed by atoms with E-state index in [2.05, 4.69) is 5.32 Å². The van der Waals surface area contributed by atoms with Crippen LogP contribution >= 0.6 is 0 Å². The number of nitrogens with zero attached hydrogens (tertiary/aromatic N) is 2. The number of nitro benzene ring substituents is 1. The number of benzene rings is 4. The predicted octanol–water partition coefficient (Wildman–Crippen LogP) is 6.32. The quantitative estimate of drug-likeness (QED) is 0.0914. The second-order valence-corrected chi connectivity index (χ2v) is 8.89. The minimum absolute atomic E-state index is 0.179. The SMILES string of the molecule is COc1cc(/C=C(/C#N)C(=O)Nc2cccc([N+](=O)[O-])c2)ccc1OCc1ccc(OCc2ccccc2)c(OC)c1. The molecule has 10 heteroatoms. The lowest BCUT2D eigenvalue weighted by Gasteiger charge is -2.14. The van der Waals surface area contributed by atoms with Crippen molar-refractivity contribution in [2.24, 2.45) is 0 Å². The van der Waals surface area contributed by atoms with Gasteiger partial charge in [0.2, 0.25) is 0 Å². The van der Waals surface area contributed by atoms with Crippen molar-refractivity contribution >= 4 is 23.4 Å². The van der Waals surface area contributed by atoms with Crippen LogP contribution < -0.4 is 24.3 Å². The molecule has 0 atom stereocenters. The van der Waals surface area contributed by atoms with E-state index < -0.39 is 10.8 Å². The zero-order valence-electron chi connectivity index (χ0n) is 22.9. The molecular formula is C32H27N3O7. The van der Waals surface area contributed by atoms with Gasteiger partial charge in [-0.05, 0) is 53.1 Å². The van der Waals surface area contributed by atoms with E-state index in [0.717, 1.165) is 11.1 Å². The van der Waals surface area contributed by atoms with Crippen molar-refractivity contribution in [2.75, 3.05) is 19.5 Å². The number of ether oxygens (including phenoxy) is 4. The molecule has 0 aliphatic heterocycles. The third kappa shape index (κ3) is 7.64. The number of non-ortho nitro benzene ring substituents is 1. The summed E-state index contributed by atoms with van der Waals surface area (Å²) in [5, 5.41) is 23.1. The largest absolute Gasteiger partial charge is 0.493 e. The first-order valence-corrected chi connectivity index (χ1v) is 12.7. The smallest absolute Gasteiger partial charge is 0.271 e. The van der Waals surface area contributed by atoms with Gasteiger partial charge in [0.1, 0.15) is 24.9 Å². The molecule has 1 amide bonds. The number of hydrogen-bond donors (Lipinski definition) is 1. The molecule has 4 rings (SSSR count). The summed E-state index contributed by atoms with van der Waals surface area (Å²) < 4.78 is 22.9. The van der Waals surface area contributed by atoms with E-state index >= 15 is 0 Å². The summed E-state index contributed by atoms with van der Waals surface area (Å²) >= 11 is 0. The maximum absolute atomic E-state index is 12.7. The molecule has 0 spiro atoms. The molecule has 1 N–H and O–H groups in total. The third-order valence-corrected chi connectivity index (χ3v) is 6.04. The van der Waals surface area contributed by atoms with E-state index in [0.29, 0.717) is 35.2 Å². The van der Waals surface area contributed by atoms with Gasteiger partial charge in [-0.25, -0.2) is 0 Å². The first-order valence-electron chi connectivity index (χ1n) is 12.7. The maximum atomic E-state index is 12.7. The summed E-state index contributed by atoms with van der Waals surface area (Å²) in [6.07, 6.45) is 1.39. The van der Waals surface area contributed by atoms with Crippen molar-refractivity contribution in [1.29, 1.82) is 5.26 Å². The van der Waals surface area contributed by atoms with Crippen LogP contribution in [0.3, 0.4) is 0 Å². The van der Waals surface area contributed by atoms with Crippen molar-refractivity contribution in [3.63, 3.8) is 0 Å². The topological polar surface area (TPSA) is 133 Å². The Morgan fingerprint density at radius 1 is 0.833 bits per heavy atom. The van der Waals surface area contributed by atoms with Crippen molar-refractivity contribution in [2.45, 2.75) is 13.2 Å². The summed E-state index contributed by atoms with van der Waals surface area (Å²) in [6.45, 7) is 0.630. The van der Waals surface area contributed by atoms with Crippen molar-refractivity contribution < 1.29 is 28.7 Å². The van der Waals surface area contributed by atoms with Crippen LogP contribution in [0.1, 0.15) is 16.7 Å². The van der Waals surface area contributed by atoms with Crippen LogP contribution in [0.15, 0.2) is 96.6 Å². The molecule has 0 saturated heterocycles. The summed E-state index contributed by atoms with van der Waals surface area (Å²) in [5.41, 5.74) is 2.23. The predicted molar refractivity (Wildman–Crippen MR) is 156 cm³/mol. The fourth-order valence-corrected chi connectivity index (χ4v) is 3.92. The minimum atomic E-state index is -0.706. The average Bonchev–Trinajstić information content (AvgIpc) is 3.02. The Labute approximate surface area is 242 Å². The number of carbonyl (C=O) groups excluding carboxylic acids is 1. The van der Waals surface area contributed by atoms with Gasteiger partial charge in [-0.2, -0.15) is 5.26 Å². The van der Waals surface area contributed by atoms with Gasteiger partial charge in [-0.3, -0.25) is 14.9 Å². The second kappa shape index (κ2) is 14.0. The highest BCUT2D eigenvalue weighted by Crippen LogP contribution is 2.32. The molecule has 0 bridgehead atoms. The molecule has 42 heavy (non-hydrogen) atoms. The van der Waals surface area contributed by atoms with Crippen molar-refractivity contribution in [1.82, 2.24) is 0 Å². The fourth-order valence-electron chi connectivity index (χ4n) is 3.92. The van der Waals surface area contributed by atoms with Crippen LogP contribution in [0.5, 0.6) is 23.0 Å². The zero-order valence-corrected chi connectivity index (χ0v) is 22.9. The van der Waals surface area contributed by atoms with E-state index in [4.69, 9.17) is 18.9 Å². The number of nitriles is 1. The number of nitrogens with one attached hydrogen (secondary N) is 1. The van der Waals surface area contributed by atoms with Gasteiger partial charge < -0.3 is 24.3 Å². The monoisotopic (exact) mass is 565 g/mol. The van der Waals surface area contributed by atoms with Gasteiger partial charge >= 0.3 is 0 Å². The fraction of sp³-hybridized carbons (Fsp3) is 0.125. The van der Waals surface area contributed by atoms with Gasteiger partial charge in [-0.1, -0.05) is 48.5 Å². The number of methoxy groups -OCH3 is 2. The molecule has 0 fully saturated rings. The Morgan fingerprint density at radius 2 is 1.50 bits per heavy atom. The molecule has 0 heterocycles. The molecule has 0 aliphatic carbocycles. The van der Waals surface area contributed by atoms with Crippen LogP contribution in [-0.2, 0) is 18.0 Å². The van der Waals surface area contributed by atoms with Gasteiger partial charge in [0, 0.05) is 17.8 Å². The second-order valence-electron chi connectivity index (χ2n) is 8.89. The van der Waals surface area contributed by atoms with E-state index in [9.17, 15) is 20.2 Å². The van der Waals surface area contributed by atoms with Crippen LogP contribution in [0.25, 0.3) is 6.08 Å². The molecule has 0 unspecified atom stereocenters. The highest BCUT2D eigenvalue weighted by molar-refractivity contribution is 6.09. The molecular weight excluding hydrogens is 538 g/mol. The standard InChI is InChI=1S/C32H27N3O7/c1-39-30-16-23(15-25(19-33)32(36)34-26-9-6-10-27(18-26)35(37)38)11-13-28(30)42-21-24-12-14-29(31(17-24)40-2)41-20-22-7-4-3-5-8-22/h3-18H,20-21H2,1-2H3,(H,34,36)/b25-15-. The number of rotatable bonds is 12. The van der Waals surface area contributed by atoms with Crippen LogP contribution in [0.4, 0.5) is 11.4 Å². The Balaban J connectivity index is 1.43. The van der Waals surface area contributed by atoms with Crippen LogP contribution in [-0.4, -0.2) is 25.1 Å². The normalized spacial score (nSPS) is 10.7. The van der Waals surface area contributed by atoms with E-state index in [1.54, 1.807) is 25.3 Å². The molecule has 4 aromatic rings. The lowest BCUT2D eigenvalue weighted by atomic mass is 10.1. The summed E-state index contributed by atoms with van der Waals surface area (Å²) in [6, 6.07) is 27.7. The molecule has 212 valence electrons. The number of amides is 1. The third-order valence-electron chi connectivity index (χ3n) is 6.04. The molecule has 10 nitrogen and oxygen atoms in total. The first kappa shape index (κ1) is 29.2. The van der Waals surface area contributed by atoms with Crippen LogP contribution in [0.2, 0.25) is 0 Å². The summed E-state index contributed by atoms with van der Waals surface area (Å²) in [4.78, 5) is 23.1. The van der Waals surface area contributed by atoms with Gasteiger partial charge in [0.25, 0.3) is 11.6 Å². The van der Waals surface area contributed by atoms with E-state index in [-0.39, 0.29) is 23.6 Å². The van der Waals surface area contributed by atoms with Gasteiger partial charge in [-0.15, -0.1) is 0 Å². The zero-order chi connectivity index (χ0) is 29.9. The number of anilines is 1.